The van der Waals surface area contributed by atoms with Crippen molar-refractivity contribution in [3.05, 3.63) is 425 Å². The van der Waals surface area contributed by atoms with Gasteiger partial charge in [0.1, 0.15) is 105 Å². The van der Waals surface area contributed by atoms with Gasteiger partial charge in [0.15, 0.2) is 105 Å². The van der Waals surface area contributed by atoms with Crippen molar-refractivity contribution in [3.63, 3.8) is 0 Å². The minimum atomic E-state index is -8.31. The third-order valence-corrected chi connectivity index (χ3v) is 18.6. The van der Waals surface area contributed by atoms with Gasteiger partial charge in [0, 0.05) is 0 Å². The molecule has 0 amide bonds. The van der Waals surface area contributed by atoms with Crippen LogP contribution in [0.3, 0.4) is 0 Å². The van der Waals surface area contributed by atoms with Crippen molar-refractivity contribution >= 4 is 56.0 Å². The van der Waals surface area contributed by atoms with Crippen molar-refractivity contribution in [2.24, 2.45) is 0 Å². The molecule has 0 bridgehead atoms. The first kappa shape index (κ1) is 84.3. The molecular weight excluding hydrogens is 1630 g/mol. The summed E-state index contributed by atoms with van der Waals surface area (Å²) in [6.07, 6.45) is -16.6. The molecule has 594 valence electrons. The third kappa shape index (κ3) is 13.5. The molecule has 0 atom stereocenters. The van der Waals surface area contributed by atoms with Gasteiger partial charge in [0.05, 0.1) is 45.2 Å². The molecule has 0 spiro atoms. The van der Waals surface area contributed by atoms with Gasteiger partial charge in [-0.3, -0.25) is 0 Å². The summed E-state index contributed by atoms with van der Waals surface area (Å²) < 4.78 is 538. The van der Waals surface area contributed by atoms with Crippen LogP contribution in [0.2, 0.25) is 0 Å². The molecule has 13 aromatic carbocycles. The molecule has 0 fully saturated rings. The average Bonchev–Trinajstić information content (AvgIpc) is 0.683. The van der Waals surface area contributed by atoms with Gasteiger partial charge in [-0.05, 0) is 146 Å². The first-order valence-electron chi connectivity index (χ1n) is 32.2. The van der Waals surface area contributed by atoms with Gasteiger partial charge in [-0.15, -0.1) is 43.7 Å². The second-order valence-electron chi connectivity index (χ2n) is 24.7. The van der Waals surface area contributed by atoms with Crippen LogP contribution in [0.5, 0.6) is 0 Å². The van der Waals surface area contributed by atoms with Crippen molar-refractivity contribution in [2.45, 2.75) is 0 Å². The lowest BCUT2D eigenvalue weighted by atomic mass is 9.11. The number of hydrogen-bond donors (Lipinski definition) is 0. The Morgan fingerprint density at radius 3 is 0.284 bits per heavy atom. The van der Waals surface area contributed by atoms with E-state index in [1.165, 1.54) is 45.2 Å². The van der Waals surface area contributed by atoms with Crippen molar-refractivity contribution < 1.29 is 149 Å². The molecule has 36 heteroatoms. The Hall–Kier alpha value is -12.7. The van der Waals surface area contributed by atoms with Crippen LogP contribution < -0.4 is 43.7 Å². The molecule has 0 aliphatic carbocycles. The molecule has 13 rings (SSSR count). The van der Waals surface area contributed by atoms with Crippen molar-refractivity contribution in [2.75, 3.05) is 0 Å². The van der Waals surface area contributed by atoms with Crippen LogP contribution in [0.25, 0.3) is 0 Å². The molecule has 0 heterocycles. The summed E-state index contributed by atoms with van der Waals surface area (Å²) in [5, 5.41) is 0. The highest BCUT2D eigenvalue weighted by atomic mass is 19.2. The summed E-state index contributed by atoms with van der Waals surface area (Å²) in [5.74, 6) is -140. The highest BCUT2D eigenvalue weighted by molar-refractivity contribution is 7.21. The Balaban J connectivity index is 0.000000278. The van der Waals surface area contributed by atoms with Crippen LogP contribution in [0.15, 0.2) is 182 Å². The molecule has 116 heavy (non-hydrogen) atoms. The third-order valence-electron chi connectivity index (χ3n) is 18.6. The van der Waals surface area contributed by atoms with Gasteiger partial charge in [-0.2, -0.15) is 0 Å². The van der Waals surface area contributed by atoms with Gasteiger partial charge in [0.25, 0.3) is 0 Å². The molecule has 0 unspecified atom stereocenters. The monoisotopic (exact) mass is 1660 g/mol. The topological polar surface area (TPSA) is 0 Å². The van der Waals surface area contributed by atoms with Gasteiger partial charge in [0.2, 0.25) is 0 Å². The van der Waals surface area contributed by atoms with Crippen LogP contribution in [-0.2, 0) is 0 Å². The first-order chi connectivity index (χ1) is 54.8. The van der Waals surface area contributed by atoms with Gasteiger partial charge in [-0.1, -0.05) is 36.4 Å². The van der Waals surface area contributed by atoms with E-state index in [1.807, 2.05) is 0 Å². The molecule has 0 N–H and O–H groups in total. The molecule has 0 aromatic heterocycles. The molecule has 0 aliphatic heterocycles. The quantitative estimate of drug-likeness (QED) is 0.0254. The summed E-state index contributed by atoms with van der Waals surface area (Å²) in [7, 11) is 0. The molecule has 0 saturated heterocycles. The van der Waals surface area contributed by atoms with Crippen molar-refractivity contribution in [3.8, 4) is 0 Å². The van der Waals surface area contributed by atoms with E-state index in [9.17, 15) is 26.3 Å². The van der Waals surface area contributed by atoms with E-state index in [4.69, 9.17) is 0 Å². The summed E-state index contributed by atoms with van der Waals surface area (Å²) in [6, 6.07) is 63.3. The standard InChI is InChI=1S/C42B2F34.2C19H15/c45-9-1(43(3-13(49)25(61)37(73)26(62)14(3)50,4-15(51)27(63)38(74)28(64)16(4)52)5-17(53)29(65)39(75)30(66)18(5)54)10(46)12(48)2(11(9)47)44(6-19(55)31(67)40(76)32(68)20(6)56,7-21(57)33(69)41(77)34(70)22(7)58)8-23(59)35(71)42(78)36(72)24(8)60;2*1-4-10-16(11-5-1)19(17-12-6-2-7-13-17)18-14-8-3-9-15-18/h;2*1-15H/q-2;2*+1. The Bertz CT molecular complexity index is 4930. The minimum Gasteiger partial charge on any atom is -0.207 e. The lowest BCUT2D eigenvalue weighted by Gasteiger charge is -2.47. The highest BCUT2D eigenvalue weighted by Crippen LogP contribution is 2.37. The van der Waals surface area contributed by atoms with Gasteiger partial charge >= 0.3 is 0 Å². The number of benzene rings is 13. The average molecular weight is 1660 g/mol. The zero-order valence-corrected chi connectivity index (χ0v) is 56.3. The lowest BCUT2D eigenvalue weighted by molar-refractivity contribution is 0.379. The van der Waals surface area contributed by atoms with E-state index in [2.05, 4.69) is 182 Å². The van der Waals surface area contributed by atoms with Crippen LogP contribution in [0.4, 0.5) is 149 Å². The van der Waals surface area contributed by atoms with E-state index in [0.29, 0.717) is 0 Å². The molecular formula is C80H30B2F34. The summed E-state index contributed by atoms with van der Waals surface area (Å²) in [5.41, 5.74) is -27.2. The van der Waals surface area contributed by atoms with Gasteiger partial charge in [-0.25, -0.2) is 149 Å². The van der Waals surface area contributed by atoms with E-state index in [0.717, 1.165) is 0 Å². The molecule has 0 nitrogen and oxygen atoms in total. The molecule has 0 aliphatic rings. The molecule has 0 saturated carbocycles. The fraction of sp³-hybridized carbons (Fsp3) is 0. The Labute approximate surface area is 628 Å². The fourth-order valence-corrected chi connectivity index (χ4v) is 13.8. The number of halogens is 34. The Kier molecular flexibility index (Phi) is 23.7. The zero-order valence-electron chi connectivity index (χ0n) is 56.3. The van der Waals surface area contributed by atoms with E-state index < -0.39 is 254 Å². The first-order valence-corrected chi connectivity index (χ1v) is 32.2. The SMILES string of the molecule is Fc1c(F)c(F)c([B-](c2c(F)c(F)c(F)c(F)c2F)(c2c(F)c(F)c(F)c(F)c2F)c2c(F)c(F)c([B-](c3c(F)c(F)c(F)c(F)c3F)(c3c(F)c(F)c(F)c(F)c3F)c3c(F)c(F)c(F)c(F)c3F)c(F)c2F)c(F)c1F.c1ccc([C+](c2ccccc2)c2ccccc2)cc1.c1ccc([C+](c2ccccc2)c2ccccc2)cc1. The normalized spacial score (nSPS) is 11.5. The predicted molar refractivity (Wildman–Crippen MR) is 352 cm³/mol. The number of rotatable bonds is 14. The summed E-state index contributed by atoms with van der Waals surface area (Å²) >= 11 is 0. The maximum Gasteiger partial charge on any atom is 0.200 e. The van der Waals surface area contributed by atoms with Crippen LogP contribution in [0.1, 0.15) is 33.4 Å². The molecule has 13 aromatic rings. The van der Waals surface area contributed by atoms with Gasteiger partial charge < -0.3 is 0 Å². The zero-order chi connectivity index (χ0) is 85.1. The Morgan fingerprint density at radius 2 is 0.190 bits per heavy atom. The highest BCUT2D eigenvalue weighted by Gasteiger charge is 2.56. The van der Waals surface area contributed by atoms with Crippen molar-refractivity contribution in [1.82, 2.24) is 0 Å². The largest absolute Gasteiger partial charge is 0.207 e. The minimum absolute atomic E-state index is 1.25. The lowest BCUT2D eigenvalue weighted by Crippen LogP contribution is -2.83. The second-order valence-corrected chi connectivity index (χ2v) is 24.7. The van der Waals surface area contributed by atoms with E-state index >= 15 is 123 Å². The fourth-order valence-electron chi connectivity index (χ4n) is 13.8. The van der Waals surface area contributed by atoms with Crippen LogP contribution in [-0.4, -0.2) is 12.3 Å². The molecule has 0 radical (unpaired) electrons. The second kappa shape index (κ2) is 32.7. The van der Waals surface area contributed by atoms with E-state index in [-0.39, 0.29) is 0 Å². The maximum absolute atomic E-state index is 17.8. The van der Waals surface area contributed by atoms with Crippen molar-refractivity contribution in [1.29, 1.82) is 0 Å². The Morgan fingerprint density at radius 1 is 0.112 bits per heavy atom. The summed E-state index contributed by atoms with van der Waals surface area (Å²) in [6.45, 7) is 0. The number of hydrogen-bond acceptors (Lipinski definition) is 0. The maximum atomic E-state index is 17.8. The smallest absolute Gasteiger partial charge is 0.200 e. The van der Waals surface area contributed by atoms with Crippen LogP contribution in [0, 0.1) is 210 Å². The van der Waals surface area contributed by atoms with Crippen LogP contribution >= 0.6 is 0 Å². The summed E-state index contributed by atoms with van der Waals surface area (Å²) in [4.78, 5) is 0. The van der Waals surface area contributed by atoms with E-state index in [1.54, 1.807) is 0 Å². The predicted octanol–water partition coefficient (Wildman–Crippen LogP) is 18.6.